The van der Waals surface area contributed by atoms with E-state index in [9.17, 15) is 29.7 Å². The van der Waals surface area contributed by atoms with Crippen LogP contribution < -0.4 is 17.0 Å². The van der Waals surface area contributed by atoms with E-state index in [1.54, 1.807) is 0 Å². The fourth-order valence-electron chi connectivity index (χ4n) is 2.18. The van der Waals surface area contributed by atoms with Gasteiger partial charge in [-0.25, -0.2) is 4.79 Å². The first-order valence-electron chi connectivity index (χ1n) is 7.15. The number of hydrogen-bond donors (Lipinski definition) is 5. The van der Waals surface area contributed by atoms with Gasteiger partial charge in [0.2, 0.25) is 0 Å². The number of esters is 1. The second-order valence-corrected chi connectivity index (χ2v) is 6.82. The van der Waals surface area contributed by atoms with Gasteiger partial charge in [0.15, 0.2) is 0 Å². The average molecular weight is 361 g/mol. The third-order valence-electron chi connectivity index (χ3n) is 3.64. The Labute approximate surface area is 140 Å². The molecule has 2 heterocycles. The Kier molecular flexibility index (Phi) is 5.83. The van der Waals surface area contributed by atoms with Crippen LogP contribution in [0.25, 0.3) is 0 Å². The molecular weight excluding hydrogens is 342 g/mol. The van der Waals surface area contributed by atoms with Crippen LogP contribution in [0, 0.1) is 0 Å². The molecule has 11 heteroatoms. The quantitative estimate of drug-likeness (QED) is 0.346. The molecule has 6 atom stereocenters. The molecule has 0 bridgehead atoms. The number of nitrogens with zero attached hydrogens (tertiary/aromatic N) is 1. The summed E-state index contributed by atoms with van der Waals surface area (Å²) in [4.78, 5) is 36.6. The number of aromatic nitrogens is 2. The van der Waals surface area contributed by atoms with Crippen molar-refractivity contribution in [3.63, 3.8) is 0 Å². The summed E-state index contributed by atoms with van der Waals surface area (Å²) < 4.78 is 6.03. The number of H-pyrrole nitrogens is 1. The Morgan fingerprint density at radius 3 is 2.71 bits per heavy atom. The Morgan fingerprint density at radius 2 is 2.12 bits per heavy atom. The number of nitrogens with one attached hydrogen (secondary N) is 1. The Bertz CT molecular complexity index is 703. The van der Waals surface area contributed by atoms with Crippen LogP contribution >= 0.6 is 11.8 Å². The van der Waals surface area contributed by atoms with Gasteiger partial charge in [-0.2, -0.15) is 0 Å². The Hall–Kier alpha value is -1.66. The maximum Gasteiger partial charge on any atom is 0.329 e. The van der Waals surface area contributed by atoms with Crippen LogP contribution in [0.4, 0.5) is 0 Å². The first-order valence-corrected chi connectivity index (χ1v) is 8.10. The van der Waals surface area contributed by atoms with Crippen LogP contribution in [0.15, 0.2) is 21.9 Å². The number of hydrogen-bond acceptors (Lipinski definition) is 9. The lowest BCUT2D eigenvalue weighted by Gasteiger charge is -2.18. The van der Waals surface area contributed by atoms with Gasteiger partial charge in [-0.15, -0.1) is 11.8 Å². The molecule has 0 aliphatic carbocycles. The molecular formula is C13H19N3O7S. The lowest BCUT2D eigenvalue weighted by molar-refractivity contribution is -0.148. The summed E-state index contributed by atoms with van der Waals surface area (Å²) in [7, 11) is 0. The molecule has 1 aromatic rings. The van der Waals surface area contributed by atoms with Crippen molar-refractivity contribution in [3.8, 4) is 0 Å². The predicted octanol–water partition coefficient (Wildman–Crippen LogP) is -2.88. The SMILES string of the molecule is CC(O)[C@@H](N)C(=O)OC[C@H]1S[C@@H](n2ccc(=O)[nH]c2=O)C(O)C1O. The first kappa shape index (κ1) is 18.7. The maximum absolute atomic E-state index is 11.8. The normalized spacial score (nSPS) is 29.2. The molecule has 1 aliphatic rings. The molecule has 0 spiro atoms. The number of rotatable bonds is 5. The third kappa shape index (κ3) is 3.87. The van der Waals surface area contributed by atoms with Gasteiger partial charge < -0.3 is 25.8 Å². The van der Waals surface area contributed by atoms with E-state index in [0.717, 1.165) is 22.4 Å². The van der Waals surface area contributed by atoms with Gasteiger partial charge in [-0.05, 0) is 6.92 Å². The molecule has 3 unspecified atom stereocenters. The molecule has 24 heavy (non-hydrogen) atoms. The standard InChI is InChI=1S/C13H19N3O7S/c1-5(17)8(14)12(21)23-4-6-9(19)10(20)11(24-6)16-3-2-7(18)15-13(16)22/h2-3,5-6,8-11,17,19-20H,4,14H2,1H3,(H,15,18,22)/t5?,6-,8-,9?,10?,11-/m1/s1. The van der Waals surface area contributed by atoms with E-state index in [-0.39, 0.29) is 6.61 Å². The zero-order chi connectivity index (χ0) is 18.0. The van der Waals surface area contributed by atoms with Gasteiger partial charge in [0.1, 0.15) is 24.1 Å². The van der Waals surface area contributed by atoms with Crippen molar-refractivity contribution >= 4 is 17.7 Å². The van der Waals surface area contributed by atoms with E-state index in [0.29, 0.717) is 0 Å². The molecule has 0 aromatic carbocycles. The smallest absolute Gasteiger partial charge is 0.329 e. The van der Waals surface area contributed by atoms with Crippen LogP contribution in [0.3, 0.4) is 0 Å². The molecule has 2 rings (SSSR count). The highest BCUT2D eigenvalue weighted by atomic mass is 32.2. The van der Waals surface area contributed by atoms with E-state index in [4.69, 9.17) is 10.5 Å². The van der Waals surface area contributed by atoms with Crippen LogP contribution in [-0.2, 0) is 9.53 Å². The predicted molar refractivity (Wildman–Crippen MR) is 84.4 cm³/mol. The van der Waals surface area contributed by atoms with Crippen molar-refractivity contribution < 1.29 is 24.9 Å². The Balaban J connectivity index is 2.06. The number of carbonyl (C=O) groups is 1. The molecule has 1 saturated heterocycles. The zero-order valence-corrected chi connectivity index (χ0v) is 13.5. The van der Waals surface area contributed by atoms with Crippen molar-refractivity contribution in [3.05, 3.63) is 33.1 Å². The summed E-state index contributed by atoms with van der Waals surface area (Å²) >= 11 is 1.02. The summed E-state index contributed by atoms with van der Waals surface area (Å²) in [6.07, 6.45) is -2.43. The highest BCUT2D eigenvalue weighted by Gasteiger charge is 2.44. The summed E-state index contributed by atoms with van der Waals surface area (Å²) in [5.74, 6) is -0.836. The number of nitrogens with two attached hydrogens (primary N) is 1. The van der Waals surface area contributed by atoms with Gasteiger partial charge in [-0.3, -0.25) is 19.1 Å². The molecule has 134 valence electrons. The molecule has 1 aliphatic heterocycles. The maximum atomic E-state index is 11.8. The molecule has 6 N–H and O–H groups in total. The van der Waals surface area contributed by atoms with Crippen LogP contribution in [0.2, 0.25) is 0 Å². The number of aliphatic hydroxyl groups is 3. The van der Waals surface area contributed by atoms with Gasteiger partial charge in [0.05, 0.1) is 17.5 Å². The largest absolute Gasteiger partial charge is 0.463 e. The van der Waals surface area contributed by atoms with E-state index in [1.165, 1.54) is 13.1 Å². The van der Waals surface area contributed by atoms with Gasteiger partial charge in [0, 0.05) is 12.3 Å². The molecule has 1 fully saturated rings. The van der Waals surface area contributed by atoms with Gasteiger partial charge in [0.25, 0.3) is 5.56 Å². The molecule has 0 saturated carbocycles. The fourth-order valence-corrected chi connectivity index (χ4v) is 3.63. The van der Waals surface area contributed by atoms with Crippen LogP contribution in [-0.4, -0.2) is 67.1 Å². The molecule has 0 radical (unpaired) electrons. The summed E-state index contributed by atoms with van der Waals surface area (Å²) in [5, 5.41) is 27.9. The van der Waals surface area contributed by atoms with E-state index in [2.05, 4.69) is 4.98 Å². The third-order valence-corrected chi connectivity index (χ3v) is 5.19. The van der Waals surface area contributed by atoms with E-state index in [1.807, 2.05) is 0 Å². The Morgan fingerprint density at radius 1 is 1.46 bits per heavy atom. The highest BCUT2D eigenvalue weighted by Crippen LogP contribution is 2.41. The van der Waals surface area contributed by atoms with Crippen molar-refractivity contribution in [2.45, 2.75) is 41.9 Å². The molecule has 10 nitrogen and oxygen atoms in total. The topological polar surface area (TPSA) is 168 Å². The van der Waals surface area contributed by atoms with Crippen LogP contribution in [0.5, 0.6) is 0 Å². The first-order chi connectivity index (χ1) is 11.2. The number of carbonyl (C=O) groups excluding carboxylic acids is 1. The second-order valence-electron chi connectivity index (χ2n) is 5.46. The lowest BCUT2D eigenvalue weighted by atomic mass is 10.1. The van der Waals surface area contributed by atoms with E-state index >= 15 is 0 Å². The number of thioether (sulfide) groups is 1. The molecule has 1 aromatic heterocycles. The summed E-state index contributed by atoms with van der Waals surface area (Å²) in [6, 6.07) is -0.0909. The average Bonchev–Trinajstić information content (AvgIpc) is 2.80. The summed E-state index contributed by atoms with van der Waals surface area (Å²) in [6.45, 7) is 1.09. The van der Waals surface area contributed by atoms with Crippen molar-refractivity contribution in [1.82, 2.24) is 9.55 Å². The number of aliphatic hydroxyl groups excluding tert-OH is 3. The zero-order valence-electron chi connectivity index (χ0n) is 12.7. The van der Waals surface area contributed by atoms with Crippen molar-refractivity contribution in [2.75, 3.05) is 6.61 Å². The van der Waals surface area contributed by atoms with Gasteiger partial charge >= 0.3 is 11.7 Å². The van der Waals surface area contributed by atoms with Crippen molar-refractivity contribution in [1.29, 1.82) is 0 Å². The minimum Gasteiger partial charge on any atom is -0.463 e. The minimum absolute atomic E-state index is 0.253. The van der Waals surface area contributed by atoms with Crippen molar-refractivity contribution in [2.24, 2.45) is 5.73 Å². The highest BCUT2D eigenvalue weighted by molar-refractivity contribution is 8.00. The monoisotopic (exact) mass is 361 g/mol. The fraction of sp³-hybridized carbons (Fsp3) is 0.615. The summed E-state index contributed by atoms with van der Waals surface area (Å²) in [5.41, 5.74) is 4.14. The van der Waals surface area contributed by atoms with E-state index < -0.39 is 52.2 Å². The molecule has 0 amide bonds. The van der Waals surface area contributed by atoms with Gasteiger partial charge in [-0.1, -0.05) is 0 Å². The minimum atomic E-state index is -1.30. The van der Waals surface area contributed by atoms with Crippen LogP contribution in [0.1, 0.15) is 12.3 Å². The number of aromatic amines is 1. The second kappa shape index (κ2) is 7.49. The number of ether oxygens (including phenoxy) is 1. The lowest BCUT2D eigenvalue weighted by Crippen LogP contribution is -2.43.